The summed E-state index contributed by atoms with van der Waals surface area (Å²) in [5.74, 6) is 3.45. The Kier molecular flexibility index (Phi) is 4.28. The van der Waals surface area contributed by atoms with Crippen LogP contribution in [-0.4, -0.2) is 25.7 Å². The van der Waals surface area contributed by atoms with E-state index in [1.165, 1.54) is 23.8 Å². The van der Waals surface area contributed by atoms with Gasteiger partial charge in [0, 0.05) is 23.2 Å². The molecule has 2 atom stereocenters. The molecule has 0 saturated heterocycles. The van der Waals surface area contributed by atoms with Crippen molar-refractivity contribution in [2.24, 2.45) is 5.92 Å². The molecule has 0 aliphatic heterocycles. The van der Waals surface area contributed by atoms with Crippen LogP contribution >= 0.6 is 11.3 Å². The van der Waals surface area contributed by atoms with E-state index < -0.39 is 0 Å². The molecule has 7 nitrogen and oxygen atoms in total. The Labute approximate surface area is 171 Å². The lowest BCUT2D eigenvalue weighted by Crippen LogP contribution is -2.07. The maximum absolute atomic E-state index is 12.3. The second-order valence-electron chi connectivity index (χ2n) is 7.31. The molecule has 146 valence electrons. The molecule has 0 radical (unpaired) electrons. The Morgan fingerprint density at radius 2 is 2.17 bits per heavy atom. The van der Waals surface area contributed by atoms with Gasteiger partial charge in [0.15, 0.2) is 5.82 Å². The first kappa shape index (κ1) is 17.8. The van der Waals surface area contributed by atoms with Gasteiger partial charge in [-0.25, -0.2) is 0 Å². The van der Waals surface area contributed by atoms with Gasteiger partial charge < -0.3 is 9.73 Å². The minimum Gasteiger partial charge on any atom is -0.461 e. The van der Waals surface area contributed by atoms with Gasteiger partial charge in [-0.3, -0.25) is 4.79 Å². The lowest BCUT2D eigenvalue weighted by atomic mass is 10.2. The smallest absolute Gasteiger partial charge is 0.248 e. The summed E-state index contributed by atoms with van der Waals surface area (Å²) in [5, 5.41) is 16.3. The Morgan fingerprint density at radius 1 is 1.31 bits per heavy atom. The first-order chi connectivity index (χ1) is 14.1. The lowest BCUT2D eigenvalue weighted by molar-refractivity contribution is -0.111. The Morgan fingerprint density at radius 3 is 2.97 bits per heavy atom. The maximum Gasteiger partial charge on any atom is 0.248 e. The SMILES string of the molecule is Cc1nnc2sc(-c3cccc(NC(=O)C=Cc4ccc(C5CC5C)o4)c3)nn12. The van der Waals surface area contributed by atoms with E-state index in [0.717, 1.165) is 27.1 Å². The molecule has 29 heavy (non-hydrogen) atoms. The molecule has 1 fully saturated rings. The summed E-state index contributed by atoms with van der Waals surface area (Å²) in [4.78, 5) is 13.1. The minimum absolute atomic E-state index is 0.214. The van der Waals surface area contributed by atoms with E-state index in [9.17, 15) is 4.79 Å². The molecule has 1 amide bonds. The van der Waals surface area contributed by atoms with Crippen LogP contribution in [0.5, 0.6) is 0 Å². The number of fused-ring (bicyclic) bond motifs is 1. The molecular formula is C21H19N5O2S. The average molecular weight is 405 g/mol. The van der Waals surface area contributed by atoms with Crippen molar-refractivity contribution in [1.29, 1.82) is 0 Å². The first-order valence-corrected chi connectivity index (χ1v) is 10.3. The van der Waals surface area contributed by atoms with E-state index in [4.69, 9.17) is 4.42 Å². The number of furan rings is 1. The van der Waals surface area contributed by atoms with Gasteiger partial charge in [0.1, 0.15) is 16.5 Å². The summed E-state index contributed by atoms with van der Waals surface area (Å²) in [6, 6.07) is 11.5. The van der Waals surface area contributed by atoms with Gasteiger partial charge in [0.25, 0.3) is 0 Å². The van der Waals surface area contributed by atoms with Crippen molar-refractivity contribution in [2.75, 3.05) is 5.32 Å². The molecule has 3 aromatic heterocycles. The minimum atomic E-state index is -0.214. The van der Waals surface area contributed by atoms with Crippen molar-refractivity contribution in [3.05, 3.63) is 59.8 Å². The Bertz CT molecular complexity index is 1230. The van der Waals surface area contributed by atoms with E-state index >= 15 is 0 Å². The fraction of sp³-hybridized carbons (Fsp3) is 0.238. The van der Waals surface area contributed by atoms with Gasteiger partial charge in [-0.15, -0.1) is 10.2 Å². The topological polar surface area (TPSA) is 85.3 Å². The zero-order chi connectivity index (χ0) is 20.0. The average Bonchev–Trinajstić information content (AvgIpc) is 3.09. The highest BCUT2D eigenvalue weighted by atomic mass is 32.1. The number of benzene rings is 1. The van der Waals surface area contributed by atoms with Crippen molar-refractivity contribution in [2.45, 2.75) is 26.2 Å². The summed E-state index contributed by atoms with van der Waals surface area (Å²) in [5.41, 5.74) is 1.61. The number of rotatable bonds is 5. The van der Waals surface area contributed by atoms with Crippen molar-refractivity contribution in [1.82, 2.24) is 19.8 Å². The molecule has 3 heterocycles. The molecule has 1 aliphatic carbocycles. The van der Waals surface area contributed by atoms with Crippen LogP contribution in [0.1, 0.15) is 36.6 Å². The number of carbonyl (C=O) groups is 1. The van der Waals surface area contributed by atoms with Crippen LogP contribution in [-0.2, 0) is 4.79 Å². The third-order valence-corrected chi connectivity index (χ3v) is 5.99. The van der Waals surface area contributed by atoms with Crippen LogP contribution in [0.15, 0.2) is 46.9 Å². The largest absolute Gasteiger partial charge is 0.461 e. The number of carbonyl (C=O) groups excluding carboxylic acids is 1. The van der Waals surface area contributed by atoms with Gasteiger partial charge >= 0.3 is 0 Å². The Balaban J connectivity index is 1.28. The molecule has 0 bridgehead atoms. The molecule has 1 aliphatic rings. The van der Waals surface area contributed by atoms with Gasteiger partial charge in [0.2, 0.25) is 10.9 Å². The molecule has 2 unspecified atom stereocenters. The number of anilines is 1. The molecular weight excluding hydrogens is 386 g/mol. The predicted molar refractivity (Wildman–Crippen MR) is 112 cm³/mol. The van der Waals surface area contributed by atoms with E-state index in [0.29, 0.717) is 23.3 Å². The molecule has 1 aromatic carbocycles. The van der Waals surface area contributed by atoms with Gasteiger partial charge in [-0.05, 0) is 49.6 Å². The molecule has 4 aromatic rings. The standard InChI is InChI=1S/C21H19N5O2S/c1-12-10-17(12)18-8-6-16(28-18)7-9-19(27)22-15-5-3-4-14(11-15)20-25-26-13(2)23-24-21(26)29-20/h3-9,11-12,17H,10H2,1-2H3,(H,22,27). The van der Waals surface area contributed by atoms with Crippen LogP contribution in [0.3, 0.4) is 0 Å². The van der Waals surface area contributed by atoms with Crippen molar-refractivity contribution in [3.8, 4) is 10.6 Å². The normalized spacial score (nSPS) is 18.6. The van der Waals surface area contributed by atoms with Gasteiger partial charge in [-0.1, -0.05) is 30.4 Å². The zero-order valence-electron chi connectivity index (χ0n) is 16.0. The molecule has 8 heteroatoms. The molecule has 1 N–H and O–H groups in total. The second kappa shape index (κ2) is 6.97. The number of nitrogens with zero attached hydrogens (tertiary/aromatic N) is 4. The van der Waals surface area contributed by atoms with Gasteiger partial charge in [-0.2, -0.15) is 9.61 Å². The highest BCUT2D eigenvalue weighted by Crippen LogP contribution is 2.47. The van der Waals surface area contributed by atoms with Crippen LogP contribution in [0.25, 0.3) is 21.6 Å². The summed E-state index contributed by atoms with van der Waals surface area (Å²) < 4.78 is 7.52. The summed E-state index contributed by atoms with van der Waals surface area (Å²) >= 11 is 1.46. The van der Waals surface area contributed by atoms with Crippen LogP contribution in [0.2, 0.25) is 0 Å². The fourth-order valence-electron chi connectivity index (χ4n) is 3.28. The highest BCUT2D eigenvalue weighted by molar-refractivity contribution is 7.19. The predicted octanol–water partition coefficient (Wildman–Crippen LogP) is 4.53. The molecule has 5 rings (SSSR count). The van der Waals surface area contributed by atoms with Crippen LogP contribution in [0, 0.1) is 12.8 Å². The van der Waals surface area contributed by atoms with Crippen LogP contribution in [0.4, 0.5) is 5.69 Å². The van der Waals surface area contributed by atoms with Crippen molar-refractivity contribution in [3.63, 3.8) is 0 Å². The summed E-state index contributed by atoms with van der Waals surface area (Å²) in [7, 11) is 0. The first-order valence-electron chi connectivity index (χ1n) is 9.45. The quantitative estimate of drug-likeness (QED) is 0.493. The van der Waals surface area contributed by atoms with E-state index in [1.54, 1.807) is 10.6 Å². The van der Waals surface area contributed by atoms with E-state index in [-0.39, 0.29) is 5.91 Å². The number of hydrogen-bond donors (Lipinski definition) is 1. The zero-order valence-corrected chi connectivity index (χ0v) is 16.8. The third kappa shape index (κ3) is 3.58. The monoisotopic (exact) mass is 405 g/mol. The lowest BCUT2D eigenvalue weighted by Gasteiger charge is -2.03. The summed E-state index contributed by atoms with van der Waals surface area (Å²) in [6.07, 6.45) is 4.36. The third-order valence-electron chi connectivity index (χ3n) is 5.05. The van der Waals surface area contributed by atoms with Crippen molar-refractivity contribution >= 4 is 34.0 Å². The number of hydrogen-bond acceptors (Lipinski definition) is 6. The fourth-order valence-corrected chi connectivity index (χ4v) is 4.16. The number of aromatic nitrogens is 4. The summed E-state index contributed by atoms with van der Waals surface area (Å²) in [6.45, 7) is 4.07. The number of aryl methyl sites for hydroxylation is 1. The second-order valence-corrected chi connectivity index (χ2v) is 8.27. The van der Waals surface area contributed by atoms with Crippen molar-refractivity contribution < 1.29 is 9.21 Å². The van der Waals surface area contributed by atoms with Crippen LogP contribution < -0.4 is 5.32 Å². The Hall–Kier alpha value is -3.26. The number of nitrogens with one attached hydrogen (secondary N) is 1. The molecule has 1 saturated carbocycles. The maximum atomic E-state index is 12.3. The number of amides is 1. The van der Waals surface area contributed by atoms with E-state index in [1.807, 2.05) is 43.3 Å². The molecule has 0 spiro atoms. The highest BCUT2D eigenvalue weighted by Gasteiger charge is 2.36. The van der Waals surface area contributed by atoms with Gasteiger partial charge in [0.05, 0.1) is 0 Å². The van der Waals surface area contributed by atoms with E-state index in [2.05, 4.69) is 27.5 Å².